The number of quaternary nitrogens is 1. The summed E-state index contributed by atoms with van der Waals surface area (Å²) in [5.41, 5.74) is 3.93. The fourth-order valence-electron chi connectivity index (χ4n) is 1.96. The van der Waals surface area contributed by atoms with Crippen LogP contribution in [0, 0.1) is 13.8 Å². The molecule has 0 N–H and O–H groups in total. The third-order valence-corrected chi connectivity index (χ3v) is 3.40. The van der Waals surface area contributed by atoms with Crippen molar-refractivity contribution >= 4 is 17.9 Å². The van der Waals surface area contributed by atoms with Gasteiger partial charge in [-0.05, 0) is 32.2 Å². The largest absolute Gasteiger partial charge is 0.469 e. The molecule has 0 unspecified atom stereocenters. The van der Waals surface area contributed by atoms with Gasteiger partial charge in [-0.1, -0.05) is 6.07 Å². The van der Waals surface area contributed by atoms with Crippen LogP contribution in [0.1, 0.15) is 11.3 Å². The van der Waals surface area contributed by atoms with Crippen molar-refractivity contribution in [1.29, 1.82) is 0 Å². The Kier molecular flexibility index (Phi) is 3.81. The standard InChI is InChI=1S/C15H23N4O/c1-11-7-8-13-14(16-3)15(17-18(13)12(11)2)20-10-9-19(4,5)6/h7-8H,3,9-10H2,1-2,4-6H3/q+1. The highest BCUT2D eigenvalue weighted by Crippen LogP contribution is 2.32. The normalized spacial score (nSPS) is 11.8. The SMILES string of the molecule is C=Nc1c(OCC[N+](C)(C)C)nn2c(C)c(C)ccc12. The second-order valence-corrected chi connectivity index (χ2v) is 6.07. The van der Waals surface area contributed by atoms with Crippen LogP contribution in [0.2, 0.25) is 0 Å². The zero-order valence-corrected chi connectivity index (χ0v) is 13.0. The lowest BCUT2D eigenvalue weighted by atomic mass is 10.2. The monoisotopic (exact) mass is 275 g/mol. The van der Waals surface area contributed by atoms with Crippen molar-refractivity contribution in [2.24, 2.45) is 4.99 Å². The van der Waals surface area contributed by atoms with Gasteiger partial charge >= 0.3 is 0 Å². The molecule has 0 bridgehead atoms. The highest BCUT2D eigenvalue weighted by Gasteiger charge is 2.16. The number of aryl methyl sites for hydroxylation is 2. The van der Waals surface area contributed by atoms with E-state index in [1.807, 2.05) is 17.5 Å². The Bertz CT molecular complexity index is 637. The maximum absolute atomic E-state index is 5.80. The molecule has 5 nitrogen and oxygen atoms in total. The van der Waals surface area contributed by atoms with Crippen LogP contribution in [0.15, 0.2) is 17.1 Å². The summed E-state index contributed by atoms with van der Waals surface area (Å²) in [5.74, 6) is 0.558. The molecular weight excluding hydrogens is 252 g/mol. The molecule has 2 aromatic heterocycles. The minimum absolute atomic E-state index is 0.558. The molecule has 0 saturated carbocycles. The molecule has 0 aliphatic rings. The fraction of sp³-hybridized carbons (Fsp3) is 0.467. The van der Waals surface area contributed by atoms with Gasteiger partial charge in [0, 0.05) is 5.69 Å². The van der Waals surface area contributed by atoms with Gasteiger partial charge in [0.05, 0.1) is 26.7 Å². The number of nitrogens with zero attached hydrogens (tertiary/aromatic N) is 4. The third-order valence-electron chi connectivity index (χ3n) is 3.40. The lowest BCUT2D eigenvalue weighted by molar-refractivity contribution is -0.870. The van der Waals surface area contributed by atoms with E-state index in [1.165, 1.54) is 5.56 Å². The van der Waals surface area contributed by atoms with Gasteiger partial charge in [-0.15, -0.1) is 5.10 Å². The number of likely N-dealkylation sites (N-methyl/N-ethyl adjacent to an activating group) is 1. The van der Waals surface area contributed by atoms with Crippen molar-refractivity contribution in [1.82, 2.24) is 9.61 Å². The number of fused-ring (bicyclic) bond motifs is 1. The lowest BCUT2D eigenvalue weighted by Crippen LogP contribution is -2.38. The number of hydrogen-bond acceptors (Lipinski definition) is 3. The summed E-state index contributed by atoms with van der Waals surface area (Å²) >= 11 is 0. The molecule has 0 atom stereocenters. The van der Waals surface area contributed by atoms with E-state index < -0.39 is 0 Å². The number of pyridine rings is 1. The van der Waals surface area contributed by atoms with Gasteiger partial charge in [0.2, 0.25) is 0 Å². The van der Waals surface area contributed by atoms with Gasteiger partial charge in [0.15, 0.2) is 5.69 Å². The Morgan fingerprint density at radius 2 is 2.00 bits per heavy atom. The van der Waals surface area contributed by atoms with Crippen LogP contribution in [0.3, 0.4) is 0 Å². The highest BCUT2D eigenvalue weighted by molar-refractivity contribution is 5.76. The number of aromatic nitrogens is 2. The molecule has 0 spiro atoms. The van der Waals surface area contributed by atoms with Crippen LogP contribution in [0.25, 0.3) is 5.52 Å². The van der Waals surface area contributed by atoms with E-state index in [1.54, 1.807) is 0 Å². The molecule has 0 aliphatic carbocycles. The Morgan fingerprint density at radius 3 is 2.60 bits per heavy atom. The van der Waals surface area contributed by atoms with Gasteiger partial charge in [-0.25, -0.2) is 4.52 Å². The Labute approximate surface area is 120 Å². The van der Waals surface area contributed by atoms with E-state index in [0.29, 0.717) is 12.5 Å². The average molecular weight is 275 g/mol. The van der Waals surface area contributed by atoms with Crippen LogP contribution in [0.4, 0.5) is 5.69 Å². The molecule has 0 fully saturated rings. The van der Waals surface area contributed by atoms with E-state index in [-0.39, 0.29) is 0 Å². The van der Waals surface area contributed by atoms with Crippen molar-refractivity contribution in [3.8, 4) is 5.88 Å². The topological polar surface area (TPSA) is 38.9 Å². The van der Waals surface area contributed by atoms with Crippen LogP contribution in [-0.2, 0) is 0 Å². The van der Waals surface area contributed by atoms with Crippen LogP contribution in [0.5, 0.6) is 5.88 Å². The van der Waals surface area contributed by atoms with E-state index >= 15 is 0 Å². The van der Waals surface area contributed by atoms with Crippen molar-refractivity contribution in [2.75, 3.05) is 34.3 Å². The highest BCUT2D eigenvalue weighted by atomic mass is 16.5. The lowest BCUT2D eigenvalue weighted by Gasteiger charge is -2.23. The van der Waals surface area contributed by atoms with Gasteiger partial charge in [0.25, 0.3) is 5.88 Å². The first kappa shape index (κ1) is 14.5. The maximum atomic E-state index is 5.80. The van der Waals surface area contributed by atoms with Gasteiger partial charge in [-0.3, -0.25) is 4.99 Å². The van der Waals surface area contributed by atoms with Crippen molar-refractivity contribution < 1.29 is 9.22 Å². The molecule has 2 rings (SSSR count). The van der Waals surface area contributed by atoms with Crippen LogP contribution in [-0.4, -0.2) is 55.1 Å². The number of ether oxygens (including phenoxy) is 1. The fourth-order valence-corrected chi connectivity index (χ4v) is 1.96. The van der Waals surface area contributed by atoms with E-state index in [9.17, 15) is 0 Å². The van der Waals surface area contributed by atoms with E-state index in [2.05, 4.69) is 50.9 Å². The number of hydrogen-bond donors (Lipinski definition) is 0. The molecule has 2 heterocycles. The summed E-state index contributed by atoms with van der Waals surface area (Å²) in [7, 11) is 6.40. The molecule has 2 aromatic rings. The molecular formula is C15H23N4O+. The average Bonchev–Trinajstić information content (AvgIpc) is 2.71. The number of rotatable bonds is 5. The molecule has 0 aromatic carbocycles. The van der Waals surface area contributed by atoms with Gasteiger partial charge < -0.3 is 9.22 Å². The smallest absolute Gasteiger partial charge is 0.260 e. The van der Waals surface area contributed by atoms with Crippen molar-refractivity contribution in [3.05, 3.63) is 23.4 Å². The van der Waals surface area contributed by atoms with E-state index in [0.717, 1.165) is 27.9 Å². The van der Waals surface area contributed by atoms with Crippen LogP contribution < -0.4 is 4.74 Å². The van der Waals surface area contributed by atoms with Crippen LogP contribution >= 0.6 is 0 Å². The molecule has 5 heteroatoms. The molecule has 0 saturated heterocycles. The second kappa shape index (κ2) is 5.25. The summed E-state index contributed by atoms with van der Waals surface area (Å²) in [6.45, 7) is 9.25. The Hall–Kier alpha value is -1.88. The first-order chi connectivity index (χ1) is 9.33. The number of aliphatic imine (C=N–C) groups is 1. The quantitative estimate of drug-likeness (QED) is 0.621. The first-order valence-electron chi connectivity index (χ1n) is 6.72. The third kappa shape index (κ3) is 2.82. The second-order valence-electron chi connectivity index (χ2n) is 6.07. The first-order valence-corrected chi connectivity index (χ1v) is 6.72. The van der Waals surface area contributed by atoms with Crippen molar-refractivity contribution in [3.63, 3.8) is 0 Å². The molecule has 0 amide bonds. The minimum atomic E-state index is 0.558. The predicted molar refractivity (Wildman–Crippen MR) is 82.3 cm³/mol. The Balaban J connectivity index is 2.34. The summed E-state index contributed by atoms with van der Waals surface area (Å²) in [5, 5.41) is 4.52. The van der Waals surface area contributed by atoms with Gasteiger partial charge in [-0.2, -0.15) is 0 Å². The predicted octanol–water partition coefficient (Wildman–Crippen LogP) is 2.37. The summed E-state index contributed by atoms with van der Waals surface area (Å²) in [6.07, 6.45) is 0. The van der Waals surface area contributed by atoms with Crippen molar-refractivity contribution in [2.45, 2.75) is 13.8 Å². The summed E-state index contributed by atoms with van der Waals surface area (Å²) in [6, 6.07) is 4.07. The molecule has 0 radical (unpaired) electrons. The van der Waals surface area contributed by atoms with Gasteiger partial charge in [0.1, 0.15) is 13.2 Å². The zero-order chi connectivity index (χ0) is 14.9. The van der Waals surface area contributed by atoms with E-state index in [4.69, 9.17) is 4.74 Å². The molecule has 108 valence electrons. The molecule has 0 aliphatic heterocycles. The summed E-state index contributed by atoms with van der Waals surface area (Å²) < 4.78 is 8.53. The zero-order valence-electron chi connectivity index (χ0n) is 13.0. The minimum Gasteiger partial charge on any atom is -0.469 e. The maximum Gasteiger partial charge on any atom is 0.260 e. The molecule has 20 heavy (non-hydrogen) atoms. The summed E-state index contributed by atoms with van der Waals surface area (Å²) in [4.78, 5) is 4.08. The Morgan fingerprint density at radius 1 is 1.30 bits per heavy atom.